The average molecular weight is 258 g/mol. The zero-order valence-corrected chi connectivity index (χ0v) is 11.3. The van der Waals surface area contributed by atoms with Gasteiger partial charge in [-0.2, -0.15) is 5.26 Å². The van der Waals surface area contributed by atoms with Crippen molar-refractivity contribution in [1.82, 2.24) is 0 Å². The van der Waals surface area contributed by atoms with E-state index in [1.165, 1.54) is 0 Å². The van der Waals surface area contributed by atoms with Gasteiger partial charge in [0, 0.05) is 18.4 Å². The zero-order valence-electron chi connectivity index (χ0n) is 11.3. The van der Waals surface area contributed by atoms with Crippen molar-refractivity contribution in [3.63, 3.8) is 0 Å². The number of carbonyl (C=O) groups is 1. The maximum atomic E-state index is 12.3. The van der Waals surface area contributed by atoms with Crippen LogP contribution >= 0.6 is 0 Å². The Hall–Kier alpha value is -1.86. The molecular formula is C15H18N2O2. The third-order valence-electron chi connectivity index (χ3n) is 3.61. The Morgan fingerprint density at radius 2 is 2.21 bits per heavy atom. The van der Waals surface area contributed by atoms with Crippen molar-refractivity contribution in [3.05, 3.63) is 29.8 Å². The Kier molecular flexibility index (Phi) is 3.87. The number of ether oxygens (including phenoxy) is 1. The summed E-state index contributed by atoms with van der Waals surface area (Å²) in [4.78, 5) is 12.3. The van der Waals surface area contributed by atoms with Gasteiger partial charge in [0.25, 0.3) is 0 Å². The molecule has 0 saturated heterocycles. The summed E-state index contributed by atoms with van der Waals surface area (Å²) in [5, 5.41) is 12.1. The first kappa shape index (κ1) is 13.6. The molecule has 19 heavy (non-hydrogen) atoms. The highest BCUT2D eigenvalue weighted by atomic mass is 16.5. The highest BCUT2D eigenvalue weighted by Gasteiger charge is 2.49. The molecule has 1 amide bonds. The molecule has 100 valence electrons. The summed E-state index contributed by atoms with van der Waals surface area (Å²) in [6, 6.07) is 9.67. The summed E-state index contributed by atoms with van der Waals surface area (Å²) in [7, 11) is 1.61. The molecule has 1 aliphatic rings. The molecule has 0 unspecified atom stereocenters. The molecule has 0 radical (unpaired) electrons. The fourth-order valence-corrected chi connectivity index (χ4v) is 2.62. The maximum absolute atomic E-state index is 12.3. The highest BCUT2D eigenvalue weighted by Crippen LogP contribution is 2.45. The first-order chi connectivity index (χ1) is 9.11. The third-order valence-corrected chi connectivity index (χ3v) is 3.61. The van der Waals surface area contributed by atoms with Gasteiger partial charge in [0.15, 0.2) is 0 Å². The van der Waals surface area contributed by atoms with Crippen molar-refractivity contribution >= 4 is 11.6 Å². The average Bonchev–Trinajstić information content (AvgIpc) is 2.37. The Morgan fingerprint density at radius 1 is 1.53 bits per heavy atom. The van der Waals surface area contributed by atoms with E-state index in [-0.39, 0.29) is 5.91 Å². The number of hydrogen-bond donors (Lipinski definition) is 1. The van der Waals surface area contributed by atoms with Gasteiger partial charge in [0.1, 0.15) is 5.41 Å². The molecule has 1 fully saturated rings. The van der Waals surface area contributed by atoms with Gasteiger partial charge in [-0.05, 0) is 24.8 Å². The van der Waals surface area contributed by atoms with Crippen LogP contribution in [0.1, 0.15) is 25.3 Å². The fourth-order valence-electron chi connectivity index (χ4n) is 2.62. The monoisotopic (exact) mass is 258 g/mol. The van der Waals surface area contributed by atoms with Crippen molar-refractivity contribution in [2.24, 2.45) is 11.3 Å². The number of nitrogens with one attached hydrogen (secondary N) is 1. The number of hydrogen-bond acceptors (Lipinski definition) is 3. The minimum Gasteiger partial charge on any atom is -0.380 e. The molecule has 0 aromatic heterocycles. The normalized spacial score (nSPS) is 25.2. The second-order valence-electron chi connectivity index (χ2n) is 5.25. The lowest BCUT2D eigenvalue weighted by atomic mass is 9.63. The summed E-state index contributed by atoms with van der Waals surface area (Å²) in [5.41, 5.74) is 0.793. The summed E-state index contributed by atoms with van der Waals surface area (Å²) >= 11 is 0. The molecule has 1 N–H and O–H groups in total. The number of nitriles is 1. The van der Waals surface area contributed by atoms with Crippen molar-refractivity contribution in [1.29, 1.82) is 5.26 Å². The smallest absolute Gasteiger partial charge is 0.244 e. The van der Waals surface area contributed by atoms with E-state index in [1.54, 1.807) is 7.11 Å². The lowest BCUT2D eigenvalue weighted by Gasteiger charge is -2.39. The summed E-state index contributed by atoms with van der Waals surface area (Å²) in [5.74, 6) is 0.247. The summed E-state index contributed by atoms with van der Waals surface area (Å²) in [6.45, 7) is 2.49. The van der Waals surface area contributed by atoms with E-state index in [0.29, 0.717) is 25.4 Å². The van der Waals surface area contributed by atoms with Gasteiger partial charge in [-0.1, -0.05) is 25.1 Å². The van der Waals surface area contributed by atoms with Gasteiger partial charge in [-0.15, -0.1) is 0 Å². The van der Waals surface area contributed by atoms with E-state index >= 15 is 0 Å². The zero-order chi connectivity index (χ0) is 13.9. The number of rotatable bonds is 4. The predicted molar refractivity (Wildman–Crippen MR) is 72.2 cm³/mol. The molecule has 4 heteroatoms. The molecule has 1 saturated carbocycles. The molecule has 1 aliphatic carbocycles. The molecular weight excluding hydrogens is 240 g/mol. The molecule has 0 aliphatic heterocycles. The molecule has 2 rings (SSSR count). The van der Waals surface area contributed by atoms with Crippen LogP contribution in [0.5, 0.6) is 0 Å². The van der Waals surface area contributed by atoms with Crippen LogP contribution in [0.25, 0.3) is 0 Å². The minimum atomic E-state index is -0.848. The van der Waals surface area contributed by atoms with E-state index < -0.39 is 5.41 Å². The second-order valence-corrected chi connectivity index (χ2v) is 5.25. The minimum absolute atomic E-state index is 0.198. The largest absolute Gasteiger partial charge is 0.380 e. The summed E-state index contributed by atoms with van der Waals surface area (Å²) in [6.07, 6.45) is 1.28. The third kappa shape index (κ3) is 2.61. The lowest BCUT2D eigenvalue weighted by Crippen LogP contribution is -2.45. The van der Waals surface area contributed by atoms with E-state index in [2.05, 4.69) is 18.3 Å². The van der Waals surface area contributed by atoms with Crippen LogP contribution in [0, 0.1) is 22.7 Å². The van der Waals surface area contributed by atoms with E-state index in [0.717, 1.165) is 11.3 Å². The van der Waals surface area contributed by atoms with Crippen molar-refractivity contribution < 1.29 is 9.53 Å². The number of methoxy groups -OCH3 is 1. The van der Waals surface area contributed by atoms with Crippen molar-refractivity contribution in [2.75, 3.05) is 12.4 Å². The standard InChI is InChI=1S/C15H18N2O2/c1-11-7-15(8-11,10-16)14(18)17-13-6-4-3-5-12(13)9-19-2/h3-6,11H,7-9H2,1-2H3,(H,17,18). The molecule has 0 spiro atoms. The maximum Gasteiger partial charge on any atom is 0.244 e. The fraction of sp³-hybridized carbons (Fsp3) is 0.467. The van der Waals surface area contributed by atoms with Crippen LogP contribution in [0.15, 0.2) is 24.3 Å². The number of anilines is 1. The van der Waals surface area contributed by atoms with Gasteiger partial charge in [0.2, 0.25) is 5.91 Å². The lowest BCUT2D eigenvalue weighted by molar-refractivity contribution is -0.128. The van der Waals surface area contributed by atoms with Crippen LogP contribution < -0.4 is 5.32 Å². The van der Waals surface area contributed by atoms with Gasteiger partial charge in [-0.3, -0.25) is 4.79 Å². The number of amides is 1. The molecule has 1 aromatic rings. The second kappa shape index (κ2) is 5.41. The van der Waals surface area contributed by atoms with Gasteiger partial charge >= 0.3 is 0 Å². The number of carbonyl (C=O) groups excluding carboxylic acids is 1. The van der Waals surface area contributed by atoms with E-state index in [1.807, 2.05) is 24.3 Å². The quantitative estimate of drug-likeness (QED) is 0.903. The van der Waals surface area contributed by atoms with Crippen LogP contribution in [0.3, 0.4) is 0 Å². The van der Waals surface area contributed by atoms with E-state index in [4.69, 9.17) is 4.74 Å². The van der Waals surface area contributed by atoms with Crippen LogP contribution in [0.2, 0.25) is 0 Å². The van der Waals surface area contributed by atoms with E-state index in [9.17, 15) is 10.1 Å². The Bertz CT molecular complexity index is 513. The number of nitrogens with zero attached hydrogens (tertiary/aromatic N) is 1. The van der Waals surface area contributed by atoms with Crippen molar-refractivity contribution in [3.8, 4) is 6.07 Å². The molecule has 1 aromatic carbocycles. The first-order valence-corrected chi connectivity index (χ1v) is 6.41. The molecule has 0 atom stereocenters. The topological polar surface area (TPSA) is 62.1 Å². The van der Waals surface area contributed by atoms with Gasteiger partial charge in [0.05, 0.1) is 12.7 Å². The Labute approximate surface area is 113 Å². The van der Waals surface area contributed by atoms with Crippen LogP contribution in [0.4, 0.5) is 5.69 Å². The first-order valence-electron chi connectivity index (χ1n) is 6.41. The molecule has 0 bridgehead atoms. The number of para-hydroxylation sites is 1. The van der Waals surface area contributed by atoms with Gasteiger partial charge < -0.3 is 10.1 Å². The van der Waals surface area contributed by atoms with Gasteiger partial charge in [-0.25, -0.2) is 0 Å². The van der Waals surface area contributed by atoms with Crippen molar-refractivity contribution in [2.45, 2.75) is 26.4 Å². The SMILES string of the molecule is COCc1ccccc1NC(=O)C1(C#N)CC(C)C1. The number of benzene rings is 1. The highest BCUT2D eigenvalue weighted by molar-refractivity contribution is 5.98. The molecule has 4 nitrogen and oxygen atoms in total. The van der Waals surface area contributed by atoms with Crippen LogP contribution in [-0.2, 0) is 16.1 Å². The summed E-state index contributed by atoms with van der Waals surface area (Å²) < 4.78 is 5.10. The Balaban J connectivity index is 2.13. The Morgan fingerprint density at radius 3 is 2.79 bits per heavy atom. The molecule has 0 heterocycles. The van der Waals surface area contributed by atoms with Crippen LogP contribution in [-0.4, -0.2) is 13.0 Å². The predicted octanol–water partition coefficient (Wildman–Crippen LogP) is 2.71.